The molecule has 0 unspecified atom stereocenters. The third kappa shape index (κ3) is 2.57. The summed E-state index contributed by atoms with van der Waals surface area (Å²) >= 11 is 2.08. The molecule has 2 rings (SSSR count). The molecule has 0 bridgehead atoms. The van der Waals surface area contributed by atoms with E-state index in [1.54, 1.807) is 36.1 Å². The molecule has 0 aliphatic carbocycles. The summed E-state index contributed by atoms with van der Waals surface area (Å²) in [7, 11) is 1.73. The van der Waals surface area contributed by atoms with Crippen LogP contribution < -0.4 is 5.32 Å². The van der Waals surface area contributed by atoms with Crippen molar-refractivity contribution in [2.75, 3.05) is 5.32 Å². The zero-order chi connectivity index (χ0) is 12.4. The van der Waals surface area contributed by atoms with Crippen LogP contribution in [0.25, 0.3) is 0 Å². The molecule has 5 nitrogen and oxygen atoms in total. The Labute approximate surface area is 112 Å². The highest BCUT2D eigenvalue weighted by molar-refractivity contribution is 14.1. The van der Waals surface area contributed by atoms with E-state index < -0.39 is 0 Å². The van der Waals surface area contributed by atoms with Gasteiger partial charge in [0.15, 0.2) is 0 Å². The van der Waals surface area contributed by atoms with Crippen LogP contribution in [-0.4, -0.2) is 20.8 Å². The van der Waals surface area contributed by atoms with Crippen molar-refractivity contribution in [3.63, 3.8) is 0 Å². The van der Waals surface area contributed by atoms with Crippen molar-refractivity contribution < 1.29 is 9.90 Å². The number of nitrogens with one attached hydrogen (secondary N) is 1. The van der Waals surface area contributed by atoms with Crippen LogP contribution in [0.1, 0.15) is 10.4 Å². The van der Waals surface area contributed by atoms with E-state index in [0.717, 1.165) is 3.57 Å². The van der Waals surface area contributed by atoms with Gasteiger partial charge in [-0.3, -0.25) is 9.48 Å². The third-order valence-electron chi connectivity index (χ3n) is 2.27. The molecule has 0 atom stereocenters. The van der Waals surface area contributed by atoms with Gasteiger partial charge in [-0.25, -0.2) is 0 Å². The van der Waals surface area contributed by atoms with E-state index >= 15 is 0 Å². The Kier molecular flexibility index (Phi) is 3.32. The monoisotopic (exact) mass is 343 g/mol. The first kappa shape index (κ1) is 11.9. The van der Waals surface area contributed by atoms with E-state index in [0.29, 0.717) is 5.82 Å². The molecule has 2 aromatic rings. The predicted octanol–water partition coefficient (Wildman–Crippen LogP) is 1.98. The SMILES string of the molecule is Cn1nccc1NC(=O)c1cc(I)ccc1O. The Hall–Kier alpha value is -1.57. The minimum Gasteiger partial charge on any atom is -0.507 e. The topological polar surface area (TPSA) is 67.2 Å². The van der Waals surface area contributed by atoms with Crippen LogP contribution >= 0.6 is 22.6 Å². The Morgan fingerprint density at radius 2 is 2.24 bits per heavy atom. The lowest BCUT2D eigenvalue weighted by molar-refractivity contribution is 0.102. The lowest BCUT2D eigenvalue weighted by Gasteiger charge is -2.07. The van der Waals surface area contributed by atoms with Crippen LogP contribution in [0.5, 0.6) is 5.75 Å². The fourth-order valence-corrected chi connectivity index (χ4v) is 1.86. The first-order valence-corrected chi connectivity index (χ1v) is 5.93. The summed E-state index contributed by atoms with van der Waals surface area (Å²) in [6, 6.07) is 6.54. The normalized spacial score (nSPS) is 10.2. The molecular formula is C11H10IN3O2. The first-order valence-electron chi connectivity index (χ1n) is 4.86. The molecule has 1 heterocycles. The van der Waals surface area contributed by atoms with Gasteiger partial charge < -0.3 is 10.4 Å². The number of aromatic hydroxyl groups is 1. The van der Waals surface area contributed by atoms with E-state index in [9.17, 15) is 9.90 Å². The van der Waals surface area contributed by atoms with E-state index in [2.05, 4.69) is 33.0 Å². The van der Waals surface area contributed by atoms with Crippen molar-refractivity contribution in [3.05, 3.63) is 39.6 Å². The largest absolute Gasteiger partial charge is 0.507 e. The quantitative estimate of drug-likeness (QED) is 0.820. The highest BCUT2D eigenvalue weighted by Crippen LogP contribution is 2.20. The Balaban J connectivity index is 2.26. The molecule has 0 radical (unpaired) electrons. The first-order chi connectivity index (χ1) is 8.08. The Morgan fingerprint density at radius 3 is 2.88 bits per heavy atom. The number of rotatable bonds is 2. The van der Waals surface area contributed by atoms with Crippen LogP contribution in [0.4, 0.5) is 5.82 Å². The molecule has 1 aromatic carbocycles. The van der Waals surface area contributed by atoms with Crippen molar-refractivity contribution in [1.82, 2.24) is 9.78 Å². The number of carbonyl (C=O) groups excluding carboxylic acids is 1. The van der Waals surface area contributed by atoms with Crippen molar-refractivity contribution in [2.24, 2.45) is 7.05 Å². The molecule has 0 spiro atoms. The summed E-state index contributed by atoms with van der Waals surface area (Å²) in [6.45, 7) is 0. The molecule has 1 aromatic heterocycles. The number of halogens is 1. The second kappa shape index (κ2) is 4.74. The molecule has 2 N–H and O–H groups in total. The minimum absolute atomic E-state index is 0.0370. The van der Waals surface area contributed by atoms with Gasteiger partial charge in [-0.1, -0.05) is 0 Å². The van der Waals surface area contributed by atoms with Gasteiger partial charge in [-0.2, -0.15) is 5.10 Å². The van der Waals surface area contributed by atoms with Crippen molar-refractivity contribution in [3.8, 4) is 5.75 Å². The fourth-order valence-electron chi connectivity index (χ4n) is 1.37. The van der Waals surface area contributed by atoms with Gasteiger partial charge in [0.2, 0.25) is 0 Å². The average molecular weight is 343 g/mol. The number of anilines is 1. The van der Waals surface area contributed by atoms with Crippen molar-refractivity contribution >= 4 is 34.3 Å². The molecule has 1 amide bonds. The van der Waals surface area contributed by atoms with E-state index in [1.807, 2.05) is 0 Å². The molecule has 17 heavy (non-hydrogen) atoms. The lowest BCUT2D eigenvalue weighted by atomic mass is 10.2. The maximum atomic E-state index is 11.9. The zero-order valence-electron chi connectivity index (χ0n) is 9.01. The van der Waals surface area contributed by atoms with Gasteiger partial charge in [-0.05, 0) is 40.8 Å². The van der Waals surface area contributed by atoms with Crippen LogP contribution in [0.3, 0.4) is 0 Å². The smallest absolute Gasteiger partial charge is 0.260 e. The van der Waals surface area contributed by atoms with Gasteiger partial charge >= 0.3 is 0 Å². The van der Waals surface area contributed by atoms with Crippen LogP contribution in [0.2, 0.25) is 0 Å². The van der Waals surface area contributed by atoms with E-state index in [-0.39, 0.29) is 17.2 Å². The molecular weight excluding hydrogens is 333 g/mol. The standard InChI is InChI=1S/C11H10IN3O2/c1-15-10(4-5-13-15)14-11(17)8-6-7(12)2-3-9(8)16/h2-6,16H,1H3,(H,14,17). The van der Waals surface area contributed by atoms with Crippen LogP contribution in [0.15, 0.2) is 30.5 Å². The second-order valence-corrected chi connectivity index (χ2v) is 4.70. The number of amides is 1. The maximum Gasteiger partial charge on any atom is 0.260 e. The maximum absolute atomic E-state index is 11.9. The van der Waals surface area contributed by atoms with Crippen LogP contribution in [-0.2, 0) is 7.05 Å². The lowest BCUT2D eigenvalue weighted by Crippen LogP contribution is -2.14. The number of nitrogens with zero attached hydrogens (tertiary/aromatic N) is 2. The molecule has 0 saturated heterocycles. The van der Waals surface area contributed by atoms with Gasteiger partial charge in [0.1, 0.15) is 11.6 Å². The molecule has 88 valence electrons. The average Bonchev–Trinajstić information content (AvgIpc) is 2.68. The van der Waals surface area contributed by atoms with Crippen LogP contribution in [0, 0.1) is 3.57 Å². The number of benzene rings is 1. The number of aryl methyl sites for hydroxylation is 1. The summed E-state index contributed by atoms with van der Waals surface area (Å²) in [4.78, 5) is 11.9. The van der Waals surface area contributed by atoms with Gasteiger partial charge in [0.05, 0.1) is 11.8 Å². The molecule has 0 fully saturated rings. The van der Waals surface area contributed by atoms with E-state index in [4.69, 9.17) is 0 Å². The summed E-state index contributed by atoms with van der Waals surface area (Å²) in [6.07, 6.45) is 1.59. The highest BCUT2D eigenvalue weighted by atomic mass is 127. The van der Waals surface area contributed by atoms with E-state index in [1.165, 1.54) is 6.07 Å². The zero-order valence-corrected chi connectivity index (χ0v) is 11.2. The molecule has 0 aliphatic heterocycles. The van der Waals surface area contributed by atoms with Crippen molar-refractivity contribution in [2.45, 2.75) is 0 Å². The number of aromatic nitrogens is 2. The fraction of sp³-hybridized carbons (Fsp3) is 0.0909. The number of phenols is 1. The number of hydrogen-bond donors (Lipinski definition) is 2. The molecule has 6 heteroatoms. The van der Waals surface area contributed by atoms with Gasteiger partial charge in [-0.15, -0.1) is 0 Å². The summed E-state index contributed by atoms with van der Waals surface area (Å²) < 4.78 is 2.43. The Morgan fingerprint density at radius 1 is 1.47 bits per heavy atom. The Bertz CT molecular complexity index is 566. The number of phenolic OH excluding ortho intramolecular Hbond substituents is 1. The van der Waals surface area contributed by atoms with Crippen molar-refractivity contribution in [1.29, 1.82) is 0 Å². The molecule has 0 saturated carbocycles. The minimum atomic E-state index is -0.357. The summed E-state index contributed by atoms with van der Waals surface area (Å²) in [5.41, 5.74) is 0.248. The number of carbonyl (C=O) groups is 1. The summed E-state index contributed by atoms with van der Waals surface area (Å²) in [5.74, 6) is 0.183. The highest BCUT2D eigenvalue weighted by Gasteiger charge is 2.12. The predicted molar refractivity (Wildman–Crippen MR) is 72.0 cm³/mol. The third-order valence-corrected chi connectivity index (χ3v) is 2.94. The van der Waals surface area contributed by atoms with Gasteiger partial charge in [0.25, 0.3) is 5.91 Å². The number of hydrogen-bond acceptors (Lipinski definition) is 3. The second-order valence-electron chi connectivity index (χ2n) is 3.46. The summed E-state index contributed by atoms with van der Waals surface area (Å²) in [5, 5.41) is 16.2. The molecule has 0 aliphatic rings. The van der Waals surface area contributed by atoms with Gasteiger partial charge in [0, 0.05) is 16.7 Å².